The Morgan fingerprint density at radius 3 is 2.29 bits per heavy atom. The average Bonchev–Trinajstić information content (AvgIpc) is 2.65. The molecule has 144 valence electrons. The highest BCUT2D eigenvalue weighted by atomic mass is 16.6. The Kier molecular flexibility index (Phi) is 5.25. The second kappa shape index (κ2) is 7.78. The topological polar surface area (TPSA) is 128 Å². The number of anilines is 5. The standard InChI is InChI=1S/C19H20N6O3/c1-11-4-5-14(10-12(11)2)21-18-16(25(26)27)17(20)23-19(24-18)22-13-6-8-15(28-3)9-7-13/h4-10H,1-3H3,(H4,20,21,22,23,24). The van der Waals surface area contributed by atoms with Crippen molar-refractivity contribution in [2.75, 3.05) is 23.5 Å². The van der Waals surface area contributed by atoms with Crippen LogP contribution in [-0.4, -0.2) is 22.0 Å². The lowest BCUT2D eigenvalue weighted by Crippen LogP contribution is -2.08. The summed E-state index contributed by atoms with van der Waals surface area (Å²) in [7, 11) is 1.58. The molecule has 1 heterocycles. The van der Waals surface area contributed by atoms with Gasteiger partial charge in [-0.1, -0.05) is 6.07 Å². The predicted molar refractivity (Wildman–Crippen MR) is 109 cm³/mol. The van der Waals surface area contributed by atoms with E-state index < -0.39 is 4.92 Å². The zero-order chi connectivity index (χ0) is 20.3. The van der Waals surface area contributed by atoms with Gasteiger partial charge in [-0.3, -0.25) is 10.1 Å². The molecule has 0 aliphatic carbocycles. The van der Waals surface area contributed by atoms with Crippen molar-refractivity contribution in [2.45, 2.75) is 13.8 Å². The van der Waals surface area contributed by atoms with E-state index in [4.69, 9.17) is 10.5 Å². The molecule has 9 heteroatoms. The molecule has 2 aromatic carbocycles. The summed E-state index contributed by atoms with van der Waals surface area (Å²) < 4.78 is 5.12. The minimum atomic E-state index is -0.601. The highest BCUT2D eigenvalue weighted by Gasteiger charge is 2.23. The summed E-state index contributed by atoms with van der Waals surface area (Å²) in [6, 6.07) is 12.7. The summed E-state index contributed by atoms with van der Waals surface area (Å²) >= 11 is 0. The number of rotatable bonds is 6. The van der Waals surface area contributed by atoms with E-state index in [2.05, 4.69) is 20.6 Å². The molecule has 9 nitrogen and oxygen atoms in total. The number of hydrogen-bond acceptors (Lipinski definition) is 8. The number of nitrogen functional groups attached to an aromatic ring is 1. The molecule has 0 fully saturated rings. The molecule has 0 spiro atoms. The third-order valence-corrected chi connectivity index (χ3v) is 4.21. The van der Waals surface area contributed by atoms with Gasteiger partial charge in [-0.2, -0.15) is 9.97 Å². The van der Waals surface area contributed by atoms with Crippen LogP contribution in [0.15, 0.2) is 42.5 Å². The van der Waals surface area contributed by atoms with Crippen molar-refractivity contribution in [3.8, 4) is 5.75 Å². The van der Waals surface area contributed by atoms with Crippen LogP contribution in [0.1, 0.15) is 11.1 Å². The maximum atomic E-state index is 11.5. The molecule has 0 saturated heterocycles. The second-order valence-electron chi connectivity index (χ2n) is 6.16. The number of aromatic nitrogens is 2. The Balaban J connectivity index is 1.96. The first kappa shape index (κ1) is 18.9. The van der Waals surface area contributed by atoms with E-state index in [9.17, 15) is 10.1 Å². The normalized spacial score (nSPS) is 10.4. The Hall–Kier alpha value is -3.88. The summed E-state index contributed by atoms with van der Waals surface area (Å²) in [4.78, 5) is 19.1. The van der Waals surface area contributed by atoms with E-state index in [1.807, 2.05) is 32.0 Å². The van der Waals surface area contributed by atoms with Crippen LogP contribution in [0.4, 0.5) is 34.6 Å². The van der Waals surface area contributed by atoms with E-state index in [1.54, 1.807) is 31.4 Å². The number of nitrogens with two attached hydrogens (primary N) is 1. The lowest BCUT2D eigenvalue weighted by atomic mass is 10.1. The molecule has 1 aromatic heterocycles. The van der Waals surface area contributed by atoms with E-state index in [1.165, 1.54) is 0 Å². The molecule has 0 radical (unpaired) electrons. The number of hydrogen-bond donors (Lipinski definition) is 3. The van der Waals surface area contributed by atoms with Crippen LogP contribution < -0.4 is 21.1 Å². The van der Waals surface area contributed by atoms with Crippen molar-refractivity contribution in [3.05, 3.63) is 63.7 Å². The van der Waals surface area contributed by atoms with Gasteiger partial charge in [0.1, 0.15) is 5.75 Å². The molecule has 3 rings (SSSR count). The SMILES string of the molecule is COc1ccc(Nc2nc(N)c([N+](=O)[O-])c(Nc3ccc(C)c(C)c3)n2)cc1. The monoisotopic (exact) mass is 380 g/mol. The van der Waals surface area contributed by atoms with Gasteiger partial charge >= 0.3 is 5.69 Å². The smallest absolute Gasteiger partial charge is 0.353 e. The van der Waals surface area contributed by atoms with Gasteiger partial charge in [0.25, 0.3) is 0 Å². The van der Waals surface area contributed by atoms with Crippen molar-refractivity contribution in [3.63, 3.8) is 0 Å². The minimum Gasteiger partial charge on any atom is -0.497 e. The van der Waals surface area contributed by atoms with Gasteiger partial charge in [0, 0.05) is 11.4 Å². The summed E-state index contributed by atoms with van der Waals surface area (Å²) in [5, 5.41) is 17.4. The molecule has 0 aliphatic rings. The Morgan fingerprint density at radius 1 is 1.00 bits per heavy atom. The highest BCUT2D eigenvalue weighted by molar-refractivity contribution is 5.75. The summed E-state index contributed by atoms with van der Waals surface area (Å²) in [6.07, 6.45) is 0. The van der Waals surface area contributed by atoms with Crippen LogP contribution in [0.25, 0.3) is 0 Å². The van der Waals surface area contributed by atoms with Crippen molar-refractivity contribution >= 4 is 34.6 Å². The molecule has 3 aromatic rings. The number of ether oxygens (including phenoxy) is 1. The third kappa shape index (κ3) is 4.09. The van der Waals surface area contributed by atoms with Crippen molar-refractivity contribution in [2.24, 2.45) is 0 Å². The van der Waals surface area contributed by atoms with E-state index >= 15 is 0 Å². The first-order valence-electron chi connectivity index (χ1n) is 8.44. The summed E-state index contributed by atoms with van der Waals surface area (Å²) in [5.74, 6) is 0.616. The van der Waals surface area contributed by atoms with Gasteiger partial charge in [0.2, 0.25) is 17.6 Å². The summed E-state index contributed by atoms with van der Waals surface area (Å²) in [6.45, 7) is 3.95. The fourth-order valence-corrected chi connectivity index (χ4v) is 2.55. The summed E-state index contributed by atoms with van der Waals surface area (Å²) in [5.41, 5.74) is 8.98. The second-order valence-corrected chi connectivity index (χ2v) is 6.16. The number of nitro groups is 1. The zero-order valence-corrected chi connectivity index (χ0v) is 15.7. The molecule has 28 heavy (non-hydrogen) atoms. The highest BCUT2D eigenvalue weighted by Crippen LogP contribution is 2.32. The fourth-order valence-electron chi connectivity index (χ4n) is 2.55. The molecule has 0 aliphatic heterocycles. The largest absolute Gasteiger partial charge is 0.497 e. The number of benzene rings is 2. The van der Waals surface area contributed by atoms with Gasteiger partial charge in [-0.05, 0) is 61.4 Å². The van der Waals surface area contributed by atoms with Gasteiger partial charge in [0.05, 0.1) is 12.0 Å². The van der Waals surface area contributed by atoms with Crippen LogP contribution in [0.3, 0.4) is 0 Å². The molecule has 0 atom stereocenters. The minimum absolute atomic E-state index is 0.0109. The van der Waals surface area contributed by atoms with Gasteiger partial charge in [-0.15, -0.1) is 0 Å². The lowest BCUT2D eigenvalue weighted by Gasteiger charge is -2.12. The Labute approximate surface area is 161 Å². The van der Waals surface area contributed by atoms with Crippen LogP contribution in [0, 0.1) is 24.0 Å². The molecule has 4 N–H and O–H groups in total. The van der Waals surface area contributed by atoms with Crippen LogP contribution in [-0.2, 0) is 0 Å². The third-order valence-electron chi connectivity index (χ3n) is 4.21. The lowest BCUT2D eigenvalue weighted by molar-refractivity contribution is -0.383. The van der Waals surface area contributed by atoms with E-state index in [0.717, 1.165) is 11.1 Å². The quantitative estimate of drug-likeness (QED) is 0.431. The number of nitrogens with zero attached hydrogens (tertiary/aromatic N) is 3. The number of methoxy groups -OCH3 is 1. The molecule has 0 bridgehead atoms. The molecular weight excluding hydrogens is 360 g/mol. The Morgan fingerprint density at radius 2 is 1.68 bits per heavy atom. The fraction of sp³-hybridized carbons (Fsp3) is 0.158. The predicted octanol–water partition coefficient (Wildman–Crippen LogP) is 4.08. The van der Waals surface area contributed by atoms with Crippen molar-refractivity contribution in [1.82, 2.24) is 9.97 Å². The number of aryl methyl sites for hydroxylation is 2. The number of nitrogens with one attached hydrogen (secondary N) is 2. The van der Waals surface area contributed by atoms with Crippen LogP contribution >= 0.6 is 0 Å². The maximum absolute atomic E-state index is 11.5. The maximum Gasteiger partial charge on any atom is 0.353 e. The van der Waals surface area contributed by atoms with Gasteiger partial charge < -0.3 is 21.1 Å². The first-order chi connectivity index (χ1) is 13.4. The molecule has 0 amide bonds. The van der Waals surface area contributed by atoms with Crippen molar-refractivity contribution in [1.29, 1.82) is 0 Å². The molecular formula is C19H20N6O3. The van der Waals surface area contributed by atoms with E-state index in [0.29, 0.717) is 17.1 Å². The average molecular weight is 380 g/mol. The van der Waals surface area contributed by atoms with Gasteiger partial charge in [0.15, 0.2) is 0 Å². The van der Waals surface area contributed by atoms with E-state index in [-0.39, 0.29) is 23.3 Å². The first-order valence-corrected chi connectivity index (χ1v) is 8.44. The van der Waals surface area contributed by atoms with Gasteiger partial charge in [-0.25, -0.2) is 0 Å². The molecule has 0 saturated carbocycles. The van der Waals surface area contributed by atoms with Crippen LogP contribution in [0.5, 0.6) is 5.75 Å². The van der Waals surface area contributed by atoms with Crippen LogP contribution in [0.2, 0.25) is 0 Å². The van der Waals surface area contributed by atoms with Crippen molar-refractivity contribution < 1.29 is 9.66 Å². The Bertz CT molecular complexity index is 1020. The molecule has 0 unspecified atom stereocenters. The zero-order valence-electron chi connectivity index (χ0n) is 15.7.